The van der Waals surface area contributed by atoms with Crippen molar-refractivity contribution < 1.29 is 0 Å². The molecule has 0 saturated carbocycles. The number of H-pyrrole nitrogens is 1. The van der Waals surface area contributed by atoms with Crippen LogP contribution < -0.4 is 4.90 Å². The molecule has 0 bridgehead atoms. The van der Waals surface area contributed by atoms with Crippen molar-refractivity contribution in [3.63, 3.8) is 0 Å². The highest BCUT2D eigenvalue weighted by Crippen LogP contribution is 2.17. The molecule has 0 aliphatic rings. The number of aromatic amines is 1. The van der Waals surface area contributed by atoms with Gasteiger partial charge >= 0.3 is 0 Å². The molecule has 2 aromatic rings. The number of hydrogen-bond acceptors (Lipinski definition) is 3. The number of anilines is 1. The minimum Gasteiger partial charge on any atom is -0.341 e. The quantitative estimate of drug-likeness (QED) is 0.845. The molecular weight excluding hydrogens is 232 g/mol. The zero-order valence-corrected chi connectivity index (χ0v) is 10.9. The number of para-hydroxylation sites is 1. The SMILES string of the molecule is CCN(CC)c1n[nH]c(=S)n1-c1ccccc1. The largest absolute Gasteiger partial charge is 0.341 e. The first-order valence-corrected chi connectivity index (χ1v) is 6.16. The van der Waals surface area contributed by atoms with E-state index in [0.717, 1.165) is 24.7 Å². The van der Waals surface area contributed by atoms with Gasteiger partial charge in [-0.25, -0.2) is 5.10 Å². The molecule has 0 unspecified atom stereocenters. The molecule has 2 rings (SSSR count). The van der Waals surface area contributed by atoms with Crippen LogP contribution in [0.2, 0.25) is 0 Å². The van der Waals surface area contributed by atoms with E-state index < -0.39 is 0 Å². The van der Waals surface area contributed by atoms with Crippen molar-refractivity contribution in [3.8, 4) is 5.69 Å². The van der Waals surface area contributed by atoms with Crippen molar-refractivity contribution in [2.45, 2.75) is 13.8 Å². The Kier molecular flexibility index (Phi) is 3.58. The highest BCUT2D eigenvalue weighted by molar-refractivity contribution is 7.71. The number of rotatable bonds is 4. The van der Waals surface area contributed by atoms with Crippen LogP contribution in [0.15, 0.2) is 30.3 Å². The summed E-state index contributed by atoms with van der Waals surface area (Å²) < 4.78 is 2.58. The fourth-order valence-electron chi connectivity index (χ4n) is 1.82. The molecule has 4 nitrogen and oxygen atoms in total. The number of benzene rings is 1. The minimum atomic E-state index is 0.623. The summed E-state index contributed by atoms with van der Waals surface area (Å²) in [5, 5.41) is 7.16. The summed E-state index contributed by atoms with van der Waals surface area (Å²) in [4.78, 5) is 2.17. The molecule has 0 saturated heterocycles. The van der Waals surface area contributed by atoms with Crippen molar-refractivity contribution in [2.24, 2.45) is 0 Å². The molecule has 0 atom stereocenters. The van der Waals surface area contributed by atoms with Crippen LogP contribution in [0.1, 0.15) is 13.8 Å². The summed E-state index contributed by atoms with van der Waals surface area (Å²) >= 11 is 5.29. The number of nitrogens with one attached hydrogen (secondary N) is 1. The van der Waals surface area contributed by atoms with Crippen molar-refractivity contribution in [1.29, 1.82) is 0 Å². The van der Waals surface area contributed by atoms with Gasteiger partial charge in [-0.3, -0.25) is 4.57 Å². The van der Waals surface area contributed by atoms with Crippen molar-refractivity contribution >= 4 is 18.2 Å². The topological polar surface area (TPSA) is 36.9 Å². The third kappa shape index (κ3) is 2.24. The molecule has 0 aliphatic carbocycles. The van der Waals surface area contributed by atoms with Crippen molar-refractivity contribution in [2.75, 3.05) is 18.0 Å². The van der Waals surface area contributed by atoms with E-state index in [2.05, 4.69) is 28.9 Å². The molecule has 1 heterocycles. The lowest BCUT2D eigenvalue weighted by Gasteiger charge is -2.20. The molecule has 0 spiro atoms. The minimum absolute atomic E-state index is 0.623. The van der Waals surface area contributed by atoms with Crippen LogP contribution in [0.5, 0.6) is 0 Å². The second-order valence-electron chi connectivity index (χ2n) is 3.67. The maximum absolute atomic E-state index is 5.29. The summed E-state index contributed by atoms with van der Waals surface area (Å²) in [6.07, 6.45) is 0. The Hall–Kier alpha value is -1.62. The first kappa shape index (κ1) is 11.9. The maximum atomic E-state index is 5.29. The van der Waals surface area contributed by atoms with E-state index in [1.54, 1.807) is 0 Å². The van der Waals surface area contributed by atoms with Gasteiger partial charge in [-0.2, -0.15) is 0 Å². The molecule has 0 amide bonds. The molecule has 0 fully saturated rings. The predicted octanol–water partition coefficient (Wildman–Crippen LogP) is 2.78. The summed E-state index contributed by atoms with van der Waals surface area (Å²) in [6, 6.07) is 10.0. The van der Waals surface area contributed by atoms with Gasteiger partial charge < -0.3 is 4.90 Å². The monoisotopic (exact) mass is 248 g/mol. The molecule has 17 heavy (non-hydrogen) atoms. The van der Waals surface area contributed by atoms with Crippen molar-refractivity contribution in [1.82, 2.24) is 14.8 Å². The highest BCUT2D eigenvalue weighted by Gasteiger charge is 2.12. The van der Waals surface area contributed by atoms with Gasteiger partial charge in [0.2, 0.25) is 10.7 Å². The van der Waals surface area contributed by atoms with E-state index in [1.165, 1.54) is 0 Å². The highest BCUT2D eigenvalue weighted by atomic mass is 32.1. The summed E-state index contributed by atoms with van der Waals surface area (Å²) in [5.41, 5.74) is 1.04. The molecule has 1 aromatic carbocycles. The van der Waals surface area contributed by atoms with Gasteiger partial charge in [0.1, 0.15) is 0 Å². The van der Waals surface area contributed by atoms with Gasteiger partial charge in [-0.1, -0.05) is 18.2 Å². The molecule has 0 aliphatic heterocycles. The van der Waals surface area contributed by atoms with Crippen LogP contribution >= 0.6 is 12.2 Å². The smallest absolute Gasteiger partial charge is 0.230 e. The number of hydrogen-bond donors (Lipinski definition) is 1. The standard InChI is InChI=1S/C12H16N4S/c1-3-15(4-2)11-13-14-12(17)16(11)10-8-6-5-7-9-10/h5-9H,3-4H2,1-2H3,(H,14,17). The first-order valence-electron chi connectivity index (χ1n) is 5.75. The van der Waals surface area contributed by atoms with E-state index in [4.69, 9.17) is 12.2 Å². The van der Waals surface area contributed by atoms with Gasteiger partial charge in [0.05, 0.1) is 5.69 Å². The Labute approximate surface area is 106 Å². The van der Waals surface area contributed by atoms with Gasteiger partial charge in [0, 0.05) is 13.1 Å². The number of nitrogens with zero attached hydrogens (tertiary/aromatic N) is 3. The van der Waals surface area contributed by atoms with Crippen LogP contribution in [0, 0.1) is 4.77 Å². The Balaban J connectivity index is 2.54. The second-order valence-corrected chi connectivity index (χ2v) is 4.06. The summed E-state index contributed by atoms with van der Waals surface area (Å²) in [7, 11) is 0. The lowest BCUT2D eigenvalue weighted by atomic mass is 10.3. The Morgan fingerprint density at radius 2 is 1.88 bits per heavy atom. The van der Waals surface area contributed by atoms with Crippen LogP contribution in [-0.4, -0.2) is 27.9 Å². The van der Waals surface area contributed by atoms with Crippen LogP contribution in [0.3, 0.4) is 0 Å². The van der Waals surface area contributed by atoms with Crippen LogP contribution in [0.4, 0.5) is 5.95 Å². The average Bonchev–Trinajstić information content (AvgIpc) is 2.74. The van der Waals surface area contributed by atoms with Gasteiger partial charge in [-0.05, 0) is 38.2 Å². The van der Waals surface area contributed by atoms with E-state index in [9.17, 15) is 0 Å². The lowest BCUT2D eigenvalue weighted by Crippen LogP contribution is -2.25. The van der Waals surface area contributed by atoms with E-state index >= 15 is 0 Å². The molecule has 90 valence electrons. The molecular formula is C12H16N4S. The average molecular weight is 248 g/mol. The van der Waals surface area contributed by atoms with Gasteiger partial charge in [0.15, 0.2) is 0 Å². The lowest BCUT2D eigenvalue weighted by molar-refractivity contribution is 0.803. The van der Waals surface area contributed by atoms with E-state index in [0.29, 0.717) is 4.77 Å². The molecule has 5 heteroatoms. The van der Waals surface area contributed by atoms with E-state index in [1.807, 2.05) is 34.9 Å². The molecule has 1 aromatic heterocycles. The fraction of sp³-hybridized carbons (Fsp3) is 0.333. The van der Waals surface area contributed by atoms with Gasteiger partial charge in [0.25, 0.3) is 0 Å². The second kappa shape index (κ2) is 5.14. The molecule has 1 N–H and O–H groups in total. The van der Waals surface area contributed by atoms with Crippen molar-refractivity contribution in [3.05, 3.63) is 35.1 Å². The Bertz CT molecular complexity index is 525. The fourth-order valence-corrected chi connectivity index (χ4v) is 2.05. The molecule has 0 radical (unpaired) electrons. The Morgan fingerprint density at radius 1 is 1.24 bits per heavy atom. The van der Waals surface area contributed by atoms with Crippen LogP contribution in [-0.2, 0) is 0 Å². The third-order valence-electron chi connectivity index (χ3n) is 2.72. The first-order chi connectivity index (χ1) is 8.27. The maximum Gasteiger partial charge on any atom is 0.230 e. The number of aromatic nitrogens is 3. The van der Waals surface area contributed by atoms with E-state index in [-0.39, 0.29) is 0 Å². The summed E-state index contributed by atoms with van der Waals surface area (Å²) in [5.74, 6) is 0.867. The normalized spacial score (nSPS) is 10.5. The zero-order chi connectivity index (χ0) is 12.3. The zero-order valence-electron chi connectivity index (χ0n) is 10.1. The Morgan fingerprint density at radius 3 is 2.47 bits per heavy atom. The predicted molar refractivity (Wildman–Crippen MR) is 72.3 cm³/mol. The van der Waals surface area contributed by atoms with Gasteiger partial charge in [-0.15, -0.1) is 5.10 Å². The summed E-state index contributed by atoms with van der Waals surface area (Å²) in [6.45, 7) is 6.03. The van der Waals surface area contributed by atoms with Crippen LogP contribution in [0.25, 0.3) is 5.69 Å². The third-order valence-corrected chi connectivity index (χ3v) is 2.99.